The van der Waals surface area contributed by atoms with Gasteiger partial charge in [0.1, 0.15) is 0 Å². The van der Waals surface area contributed by atoms with E-state index in [0.717, 1.165) is 0 Å². The van der Waals surface area contributed by atoms with Crippen LogP contribution in [0, 0.1) is 0 Å². The molecule has 0 saturated heterocycles. The number of carbonyl (C=O) groups is 2. The van der Waals surface area contributed by atoms with Crippen molar-refractivity contribution in [3.8, 4) is 0 Å². The molecule has 8 heteroatoms. The molecule has 0 unspecified atom stereocenters. The van der Waals surface area contributed by atoms with E-state index in [9.17, 15) is 0 Å². The van der Waals surface area contributed by atoms with Gasteiger partial charge in [0.05, 0.1) is 0 Å². The third-order valence-electron chi connectivity index (χ3n) is 0.183. The summed E-state index contributed by atoms with van der Waals surface area (Å²) in [5.41, 5.74) is 0. The Hall–Kier alpha value is 2.42. The van der Waals surface area contributed by atoms with Crippen LogP contribution in [0.3, 0.4) is 0 Å². The van der Waals surface area contributed by atoms with Crippen LogP contribution in [-0.2, 0) is 9.59 Å². The zero-order chi connectivity index (χ0) is 7.86. The van der Waals surface area contributed by atoms with Crippen molar-refractivity contribution in [1.82, 2.24) is 0 Å². The summed E-state index contributed by atoms with van der Waals surface area (Å²) in [5, 5.41) is 14.8. The zero-order valence-electron chi connectivity index (χ0n) is 4.17. The van der Waals surface area contributed by atoms with Gasteiger partial charge < -0.3 is 10.2 Å². The fourth-order valence-corrected chi connectivity index (χ4v) is 0. The molecule has 0 spiro atoms. The van der Waals surface area contributed by atoms with Crippen molar-refractivity contribution in [3.05, 3.63) is 0 Å². The average Bonchev–Trinajstić information content (AvgIpc) is 1.68. The van der Waals surface area contributed by atoms with Gasteiger partial charge in [0.25, 0.3) is 0 Å². The van der Waals surface area contributed by atoms with Gasteiger partial charge in [0, 0.05) is 0 Å². The molecular formula is C2H3CaCl2KO4. The first-order chi connectivity index (χ1) is 4.06. The Morgan fingerprint density at radius 1 is 1.10 bits per heavy atom. The van der Waals surface area contributed by atoms with Gasteiger partial charge in [-0.2, -0.15) is 0 Å². The van der Waals surface area contributed by atoms with E-state index in [-0.39, 0.29) is 51.4 Å². The molecule has 0 saturated carbocycles. The van der Waals surface area contributed by atoms with E-state index in [1.807, 2.05) is 0 Å². The van der Waals surface area contributed by atoms with Crippen LogP contribution < -0.4 is 0 Å². The van der Waals surface area contributed by atoms with Gasteiger partial charge in [-0.25, -0.2) is 9.59 Å². The summed E-state index contributed by atoms with van der Waals surface area (Å²) < 4.78 is 0. The van der Waals surface area contributed by atoms with Crippen molar-refractivity contribution >= 4 is 107 Å². The second kappa shape index (κ2) is 14.0. The molecule has 10 heavy (non-hydrogen) atoms. The first-order valence-corrected chi connectivity index (χ1v) is 7.72. The maximum absolute atomic E-state index is 9.10. The number of hydrogen-bond acceptors (Lipinski definition) is 2. The summed E-state index contributed by atoms with van der Waals surface area (Å²) in [6.45, 7) is 0. The van der Waals surface area contributed by atoms with Gasteiger partial charge in [-0.15, -0.1) is 0 Å². The molecule has 4 nitrogen and oxygen atoms in total. The predicted octanol–water partition coefficient (Wildman–Crippen LogP) is -0.495. The standard InChI is InChI=1S/C2H2O4.Ca.2ClH.K.H/c3-1(4)2(5)6;;;;;/h(H,3,4)(H,5,6);;2*1H;;/q;+2;;;;/p-2. The summed E-state index contributed by atoms with van der Waals surface area (Å²) in [6, 6.07) is 0. The predicted molar refractivity (Wildman–Crippen MR) is 39.9 cm³/mol. The van der Waals surface area contributed by atoms with E-state index in [2.05, 4.69) is 0 Å². The van der Waals surface area contributed by atoms with E-state index in [4.69, 9.17) is 32.6 Å². The number of aliphatic carboxylic acids is 2. The monoisotopic (exact) mass is 240 g/mol. The molecular weight excluding hydrogens is 238 g/mol. The van der Waals surface area contributed by atoms with Gasteiger partial charge in [-0.3, -0.25) is 0 Å². The van der Waals surface area contributed by atoms with E-state index in [0.29, 0.717) is 0 Å². The van der Waals surface area contributed by atoms with Crippen LogP contribution in [0.2, 0.25) is 0 Å². The molecule has 0 aliphatic rings. The number of halogens is 2. The van der Waals surface area contributed by atoms with Crippen LogP contribution in [0.5, 0.6) is 0 Å². The summed E-state index contributed by atoms with van der Waals surface area (Å²) in [6.07, 6.45) is 9.90. The molecule has 0 heterocycles. The van der Waals surface area contributed by atoms with Crippen LogP contribution >= 0.6 is 12.8 Å². The van der Waals surface area contributed by atoms with Gasteiger partial charge in [-0.1, -0.05) is 0 Å². The second-order valence-electron chi connectivity index (χ2n) is 0.711. The van der Waals surface area contributed by atoms with Crippen molar-refractivity contribution < 1.29 is 19.8 Å². The maximum atomic E-state index is 9.10. The van der Waals surface area contributed by atoms with Crippen molar-refractivity contribution in [2.24, 2.45) is 0 Å². The molecule has 0 aromatic rings. The first kappa shape index (κ1) is 18.3. The first-order valence-electron chi connectivity index (χ1n) is 1.64. The van der Waals surface area contributed by atoms with Gasteiger partial charge >= 0.3 is 107 Å². The van der Waals surface area contributed by atoms with E-state index in [1.54, 1.807) is 0 Å². The van der Waals surface area contributed by atoms with Crippen LogP contribution in [0.1, 0.15) is 0 Å². The zero-order valence-corrected chi connectivity index (χ0v) is 7.89. The Bertz CT molecular complexity index is 97.4. The van der Waals surface area contributed by atoms with Crippen LogP contribution in [0.4, 0.5) is 0 Å². The Balaban J connectivity index is -0.000000107. The van der Waals surface area contributed by atoms with Crippen LogP contribution in [-0.4, -0.2) is 104 Å². The van der Waals surface area contributed by atoms with Gasteiger partial charge in [-0.05, 0) is 0 Å². The molecule has 0 aliphatic heterocycles. The van der Waals surface area contributed by atoms with Gasteiger partial charge in [0.2, 0.25) is 0 Å². The number of carboxylic acids is 2. The topological polar surface area (TPSA) is 74.6 Å². The van der Waals surface area contributed by atoms with Crippen molar-refractivity contribution in [3.63, 3.8) is 0 Å². The molecule has 0 fully saturated rings. The number of hydrogen-bond donors (Lipinski definition) is 2. The van der Waals surface area contributed by atoms with Crippen molar-refractivity contribution in [2.45, 2.75) is 0 Å². The average molecular weight is 241 g/mol. The number of rotatable bonds is 0. The molecule has 0 aromatic carbocycles. The summed E-state index contributed by atoms with van der Waals surface area (Å²) in [4.78, 5) is 18.2. The Morgan fingerprint density at radius 2 is 1.20 bits per heavy atom. The van der Waals surface area contributed by atoms with Crippen molar-refractivity contribution in [1.29, 1.82) is 0 Å². The second-order valence-corrected chi connectivity index (χ2v) is 4.36. The Kier molecular flexibility index (Phi) is 25.5. The third kappa shape index (κ3) is 22.4. The molecule has 0 atom stereocenters. The van der Waals surface area contributed by atoms with E-state index in [1.165, 1.54) is 0 Å². The number of carboxylic acid groups (broad SMARTS) is 2. The summed E-state index contributed by atoms with van der Waals surface area (Å²) >= 11 is -0.931. The molecule has 0 radical (unpaired) electrons. The summed E-state index contributed by atoms with van der Waals surface area (Å²) in [5.74, 6) is -3.65. The van der Waals surface area contributed by atoms with Crippen molar-refractivity contribution in [2.75, 3.05) is 0 Å². The summed E-state index contributed by atoms with van der Waals surface area (Å²) in [7, 11) is 0. The minimum absolute atomic E-state index is 0. The molecule has 0 amide bonds. The van der Waals surface area contributed by atoms with Crippen LogP contribution in [0.25, 0.3) is 0 Å². The van der Waals surface area contributed by atoms with Gasteiger partial charge in [0.15, 0.2) is 0 Å². The third-order valence-corrected chi connectivity index (χ3v) is 0.183. The SMILES string of the molecule is O=C(O)C(=O)O.[Cl][Ca][Cl].[KH]. The molecule has 2 N–H and O–H groups in total. The van der Waals surface area contributed by atoms with Crippen LogP contribution in [0.15, 0.2) is 0 Å². The molecule has 0 aliphatic carbocycles. The molecule has 0 bridgehead atoms. The fraction of sp³-hybridized carbons (Fsp3) is 0. The quantitative estimate of drug-likeness (QED) is 0.443. The Labute approximate surface area is 123 Å². The molecule has 52 valence electrons. The molecule has 0 rings (SSSR count). The van der Waals surface area contributed by atoms with E-state index < -0.39 is 42.8 Å². The fourth-order valence-electron chi connectivity index (χ4n) is 0. The minimum atomic E-state index is -1.82. The normalized spacial score (nSPS) is 5.40. The Morgan fingerprint density at radius 3 is 1.20 bits per heavy atom. The molecule has 0 aromatic heterocycles. The van der Waals surface area contributed by atoms with E-state index >= 15 is 0 Å².